The Morgan fingerprint density at radius 3 is 1.73 bits per heavy atom. The SMILES string of the molecule is C#C[C@]1(O)CCC2C3CCc4cc(OC(=O)CCC(N)C(=O)Oc5ccc6c(c5)CCC5C6CC[C@@]6(C)C5CC[C@@]6(O)C#C)ccc4C3CC[C@@]21C. The van der Waals surface area contributed by atoms with Crippen LogP contribution in [0.25, 0.3) is 0 Å². The topological polar surface area (TPSA) is 119 Å². The maximum absolute atomic E-state index is 13.0. The van der Waals surface area contributed by atoms with Crippen LogP contribution in [0.5, 0.6) is 11.5 Å². The van der Waals surface area contributed by atoms with Crippen molar-refractivity contribution in [2.24, 2.45) is 40.2 Å². The van der Waals surface area contributed by atoms with Gasteiger partial charge in [-0.05, 0) is 165 Å². The van der Waals surface area contributed by atoms with E-state index in [2.05, 4.69) is 37.8 Å². The summed E-state index contributed by atoms with van der Waals surface area (Å²) < 4.78 is 11.4. The molecule has 11 atom stereocenters. The molecule has 0 heterocycles. The lowest BCUT2D eigenvalue weighted by Crippen LogP contribution is -2.50. The monoisotopic (exact) mass is 703 g/mol. The molecule has 274 valence electrons. The first-order valence-electron chi connectivity index (χ1n) is 19.7. The van der Waals surface area contributed by atoms with Gasteiger partial charge in [0.25, 0.3) is 0 Å². The summed E-state index contributed by atoms with van der Waals surface area (Å²) >= 11 is 0. The number of terminal acetylenes is 2. The second kappa shape index (κ2) is 12.8. The van der Waals surface area contributed by atoms with Gasteiger partial charge < -0.3 is 25.4 Å². The Morgan fingerprint density at radius 1 is 0.769 bits per heavy atom. The van der Waals surface area contributed by atoms with Crippen molar-refractivity contribution >= 4 is 11.9 Å². The van der Waals surface area contributed by atoms with Gasteiger partial charge in [0.15, 0.2) is 0 Å². The largest absolute Gasteiger partial charge is 0.427 e. The molecule has 0 spiro atoms. The van der Waals surface area contributed by atoms with Crippen LogP contribution in [0.2, 0.25) is 0 Å². The van der Waals surface area contributed by atoms with E-state index in [1.807, 2.05) is 24.3 Å². The van der Waals surface area contributed by atoms with E-state index in [0.29, 0.717) is 59.8 Å². The van der Waals surface area contributed by atoms with Crippen molar-refractivity contribution in [3.05, 3.63) is 58.7 Å². The second-order valence-corrected chi connectivity index (χ2v) is 17.6. The van der Waals surface area contributed by atoms with Crippen LogP contribution in [-0.4, -0.2) is 39.4 Å². The first-order chi connectivity index (χ1) is 24.8. The molecule has 0 amide bonds. The second-order valence-electron chi connectivity index (χ2n) is 17.6. The predicted molar refractivity (Wildman–Crippen MR) is 198 cm³/mol. The van der Waals surface area contributed by atoms with E-state index in [1.165, 1.54) is 22.3 Å². The van der Waals surface area contributed by atoms with Crippen LogP contribution in [0.1, 0.15) is 125 Å². The van der Waals surface area contributed by atoms with Crippen LogP contribution in [0.15, 0.2) is 36.4 Å². The van der Waals surface area contributed by atoms with E-state index in [-0.39, 0.29) is 23.7 Å². The molecule has 0 saturated heterocycles. The zero-order valence-corrected chi connectivity index (χ0v) is 30.7. The van der Waals surface area contributed by atoms with Gasteiger partial charge in [0, 0.05) is 17.3 Å². The number of hydrogen-bond donors (Lipinski definition) is 3. The van der Waals surface area contributed by atoms with Gasteiger partial charge in [0.05, 0.1) is 0 Å². The van der Waals surface area contributed by atoms with E-state index in [1.54, 1.807) is 0 Å². The van der Waals surface area contributed by atoms with Gasteiger partial charge in [-0.3, -0.25) is 4.79 Å². The van der Waals surface area contributed by atoms with E-state index >= 15 is 0 Å². The molecular formula is C45H53NO6. The number of fused-ring (bicyclic) bond motifs is 10. The standard InChI is InChI=1S/C45H53NO6/c1-5-44(49)23-19-37-35-11-7-27-25-29(9-13-31(27)33(35)17-21-42(37,44)3)51-40(47)16-15-39(46)41(48)52-30-10-14-32-28(26-30)8-12-36-34(32)18-22-43(4)38(36)20-24-45(43,50)6-2/h1-2,9-10,13-14,25-26,33-39,49-50H,7-8,11-12,15-24,46H2,3-4H3/t33?,34?,35?,36?,37?,38?,39?,42-,43-,44-,45-/m0/s1. The summed E-state index contributed by atoms with van der Waals surface area (Å²) in [5.74, 6) is 8.12. The lowest BCUT2D eigenvalue weighted by Gasteiger charge is -2.52. The van der Waals surface area contributed by atoms with Crippen LogP contribution in [0, 0.1) is 59.2 Å². The smallest absolute Gasteiger partial charge is 0.328 e. The van der Waals surface area contributed by atoms with Crippen molar-refractivity contribution in [2.75, 3.05) is 0 Å². The first-order valence-corrected chi connectivity index (χ1v) is 19.7. The third-order valence-corrected chi connectivity index (χ3v) is 15.6. The molecule has 0 aliphatic heterocycles. The van der Waals surface area contributed by atoms with Gasteiger partial charge in [-0.25, -0.2) is 4.79 Å². The fraction of sp³-hybridized carbons (Fsp3) is 0.600. The van der Waals surface area contributed by atoms with Crippen molar-refractivity contribution in [3.63, 3.8) is 0 Å². The van der Waals surface area contributed by atoms with Gasteiger partial charge in [0.2, 0.25) is 0 Å². The van der Waals surface area contributed by atoms with Gasteiger partial charge in [-0.2, -0.15) is 0 Å². The normalized spacial score (nSPS) is 38.8. The number of ether oxygens (including phenoxy) is 2. The molecule has 6 aliphatic carbocycles. The summed E-state index contributed by atoms with van der Waals surface area (Å²) in [7, 11) is 0. The van der Waals surface area contributed by atoms with Gasteiger partial charge >= 0.3 is 11.9 Å². The van der Waals surface area contributed by atoms with Crippen LogP contribution in [0.4, 0.5) is 0 Å². The molecular weight excluding hydrogens is 650 g/mol. The van der Waals surface area contributed by atoms with Crippen LogP contribution in [0.3, 0.4) is 0 Å². The van der Waals surface area contributed by atoms with Gasteiger partial charge in [-0.1, -0.05) is 37.8 Å². The molecule has 4 fully saturated rings. The zero-order valence-electron chi connectivity index (χ0n) is 30.7. The highest BCUT2D eigenvalue weighted by Gasteiger charge is 2.62. The average Bonchev–Trinajstić information content (AvgIpc) is 3.58. The Labute approximate surface area is 308 Å². The fourth-order valence-corrected chi connectivity index (χ4v) is 12.5. The Kier molecular flexibility index (Phi) is 8.69. The number of aryl methyl sites for hydroxylation is 2. The van der Waals surface area contributed by atoms with Crippen LogP contribution in [-0.2, 0) is 22.4 Å². The molecule has 0 radical (unpaired) electrons. The fourth-order valence-electron chi connectivity index (χ4n) is 12.5. The molecule has 2 aromatic rings. The third-order valence-electron chi connectivity index (χ3n) is 15.6. The molecule has 6 aliphatic rings. The van der Waals surface area contributed by atoms with E-state index < -0.39 is 29.2 Å². The number of rotatable bonds is 6. The zero-order chi connectivity index (χ0) is 36.6. The third kappa shape index (κ3) is 5.37. The van der Waals surface area contributed by atoms with Crippen molar-refractivity contribution in [1.29, 1.82) is 0 Å². The van der Waals surface area contributed by atoms with E-state index in [0.717, 1.165) is 64.2 Å². The van der Waals surface area contributed by atoms with Gasteiger partial charge in [-0.15, -0.1) is 12.8 Å². The first kappa shape index (κ1) is 35.4. The molecule has 7 nitrogen and oxygen atoms in total. The number of nitrogens with two attached hydrogens (primary N) is 1. The molecule has 7 unspecified atom stereocenters. The number of aliphatic hydroxyl groups is 2. The van der Waals surface area contributed by atoms with Crippen LogP contribution < -0.4 is 15.2 Å². The summed E-state index contributed by atoms with van der Waals surface area (Å²) in [5.41, 5.74) is 8.77. The maximum Gasteiger partial charge on any atom is 0.328 e. The minimum atomic E-state index is -1.02. The minimum absolute atomic E-state index is 0.00144. The van der Waals surface area contributed by atoms with E-state index in [4.69, 9.17) is 28.1 Å². The maximum atomic E-state index is 13.0. The summed E-state index contributed by atoms with van der Waals surface area (Å²) in [5, 5.41) is 22.4. The Balaban J connectivity index is 0.840. The lowest BCUT2D eigenvalue weighted by atomic mass is 9.53. The Hall–Kier alpha value is -3.62. The lowest BCUT2D eigenvalue weighted by molar-refractivity contribution is -0.137. The molecule has 2 aromatic carbocycles. The molecule has 4 N–H and O–H groups in total. The highest BCUT2D eigenvalue weighted by molar-refractivity contribution is 5.79. The van der Waals surface area contributed by atoms with Crippen molar-refractivity contribution in [3.8, 4) is 36.2 Å². The van der Waals surface area contributed by atoms with Crippen molar-refractivity contribution in [2.45, 2.75) is 133 Å². The molecule has 8 rings (SSSR count). The van der Waals surface area contributed by atoms with E-state index in [9.17, 15) is 19.8 Å². The van der Waals surface area contributed by atoms with Crippen LogP contribution >= 0.6 is 0 Å². The summed E-state index contributed by atoms with van der Waals surface area (Å²) in [6.45, 7) is 4.38. The predicted octanol–water partition coefficient (Wildman–Crippen LogP) is 6.75. The Morgan fingerprint density at radius 2 is 1.25 bits per heavy atom. The highest BCUT2D eigenvalue weighted by Crippen LogP contribution is 2.65. The van der Waals surface area contributed by atoms with Crippen molar-refractivity contribution in [1.82, 2.24) is 0 Å². The average molecular weight is 704 g/mol. The molecule has 0 bridgehead atoms. The number of esters is 2. The summed E-state index contributed by atoms with van der Waals surface area (Å²) in [4.78, 5) is 25.9. The summed E-state index contributed by atoms with van der Waals surface area (Å²) in [6.07, 6.45) is 22.7. The molecule has 4 saturated carbocycles. The summed E-state index contributed by atoms with van der Waals surface area (Å²) in [6, 6.07) is 11.0. The quantitative estimate of drug-likeness (QED) is 0.173. The number of carbonyl (C=O) groups is 2. The Bertz CT molecular complexity index is 1870. The highest BCUT2D eigenvalue weighted by atomic mass is 16.5. The number of carbonyl (C=O) groups excluding carboxylic acids is 2. The number of benzene rings is 2. The number of hydrogen-bond acceptors (Lipinski definition) is 7. The molecule has 0 aromatic heterocycles. The minimum Gasteiger partial charge on any atom is -0.427 e. The van der Waals surface area contributed by atoms with Gasteiger partial charge in [0.1, 0.15) is 28.7 Å². The molecule has 52 heavy (non-hydrogen) atoms. The molecule has 7 heteroatoms. The van der Waals surface area contributed by atoms with Crippen molar-refractivity contribution < 1.29 is 29.3 Å².